The third-order valence-corrected chi connectivity index (χ3v) is 4.76. The van der Waals surface area contributed by atoms with Gasteiger partial charge < -0.3 is 10.6 Å². The van der Waals surface area contributed by atoms with Crippen molar-refractivity contribution in [3.8, 4) is 0 Å². The first kappa shape index (κ1) is 13.1. The van der Waals surface area contributed by atoms with Gasteiger partial charge in [-0.25, -0.2) is 0 Å². The molecule has 17 heavy (non-hydrogen) atoms. The summed E-state index contributed by atoms with van der Waals surface area (Å²) in [5.41, 5.74) is 1.43. The molecule has 1 fully saturated rings. The van der Waals surface area contributed by atoms with Crippen molar-refractivity contribution in [2.75, 3.05) is 13.1 Å². The van der Waals surface area contributed by atoms with Crippen molar-refractivity contribution < 1.29 is 0 Å². The molecule has 2 rings (SSSR count). The fourth-order valence-corrected chi connectivity index (χ4v) is 3.47. The Morgan fingerprint density at radius 3 is 2.65 bits per heavy atom. The van der Waals surface area contributed by atoms with Gasteiger partial charge in [-0.15, -0.1) is 11.3 Å². The van der Waals surface area contributed by atoms with Crippen LogP contribution in [0.15, 0.2) is 6.07 Å². The third-order valence-electron chi connectivity index (χ3n) is 3.61. The minimum atomic E-state index is 0.794. The molecular weight excluding hydrogens is 228 g/mol. The van der Waals surface area contributed by atoms with Gasteiger partial charge >= 0.3 is 0 Å². The maximum atomic E-state index is 3.63. The number of hydrogen-bond acceptors (Lipinski definition) is 3. The van der Waals surface area contributed by atoms with E-state index in [9.17, 15) is 0 Å². The predicted octanol–water partition coefficient (Wildman–Crippen LogP) is 2.99. The Morgan fingerprint density at radius 1 is 1.24 bits per heavy atom. The van der Waals surface area contributed by atoms with Gasteiger partial charge in [0.15, 0.2) is 0 Å². The van der Waals surface area contributed by atoms with E-state index in [0.29, 0.717) is 0 Å². The van der Waals surface area contributed by atoms with Gasteiger partial charge in [-0.1, -0.05) is 12.8 Å². The molecule has 1 aliphatic carbocycles. The van der Waals surface area contributed by atoms with Crippen LogP contribution in [0.4, 0.5) is 0 Å². The van der Waals surface area contributed by atoms with Gasteiger partial charge in [0.05, 0.1) is 0 Å². The molecular formula is C14H24N2S. The average molecular weight is 252 g/mol. The topological polar surface area (TPSA) is 24.1 Å². The first-order valence-electron chi connectivity index (χ1n) is 6.75. The second-order valence-electron chi connectivity index (χ2n) is 5.06. The molecule has 2 N–H and O–H groups in total. The lowest BCUT2D eigenvalue weighted by molar-refractivity contribution is 0.509. The van der Waals surface area contributed by atoms with Crippen molar-refractivity contribution >= 4 is 11.3 Å². The molecule has 0 spiro atoms. The second-order valence-corrected chi connectivity index (χ2v) is 6.41. The molecule has 0 amide bonds. The van der Waals surface area contributed by atoms with Crippen molar-refractivity contribution in [3.05, 3.63) is 21.4 Å². The summed E-state index contributed by atoms with van der Waals surface area (Å²) < 4.78 is 0. The van der Waals surface area contributed by atoms with Crippen LogP contribution in [0.1, 0.15) is 41.0 Å². The number of hydrogen-bond donors (Lipinski definition) is 2. The van der Waals surface area contributed by atoms with E-state index < -0.39 is 0 Å². The highest BCUT2D eigenvalue weighted by molar-refractivity contribution is 7.12. The van der Waals surface area contributed by atoms with E-state index in [-0.39, 0.29) is 0 Å². The summed E-state index contributed by atoms with van der Waals surface area (Å²) >= 11 is 1.91. The maximum Gasteiger partial charge on any atom is 0.0300 e. The van der Waals surface area contributed by atoms with Gasteiger partial charge in [-0.2, -0.15) is 0 Å². The zero-order valence-electron chi connectivity index (χ0n) is 11.0. The SMILES string of the molecule is Cc1cc(CNCCNC2CCCC2)sc1C. The first-order chi connectivity index (χ1) is 8.25. The van der Waals surface area contributed by atoms with Crippen LogP contribution in [0.5, 0.6) is 0 Å². The largest absolute Gasteiger partial charge is 0.313 e. The normalized spacial score (nSPS) is 16.8. The average Bonchev–Trinajstić information content (AvgIpc) is 2.90. The summed E-state index contributed by atoms with van der Waals surface area (Å²) in [6.45, 7) is 7.59. The van der Waals surface area contributed by atoms with Crippen molar-refractivity contribution in [1.29, 1.82) is 0 Å². The van der Waals surface area contributed by atoms with Crippen LogP contribution in [0.2, 0.25) is 0 Å². The molecule has 3 heteroatoms. The van der Waals surface area contributed by atoms with E-state index in [4.69, 9.17) is 0 Å². The summed E-state index contributed by atoms with van der Waals surface area (Å²) in [7, 11) is 0. The molecule has 0 unspecified atom stereocenters. The standard InChI is InChI=1S/C14H24N2S/c1-11-9-14(17-12(11)2)10-15-7-8-16-13-5-3-4-6-13/h9,13,15-16H,3-8,10H2,1-2H3. The molecule has 0 aromatic carbocycles. The van der Waals surface area contributed by atoms with Gasteiger partial charge in [0.2, 0.25) is 0 Å². The van der Waals surface area contributed by atoms with Crippen LogP contribution in [-0.2, 0) is 6.54 Å². The zero-order valence-corrected chi connectivity index (χ0v) is 11.8. The molecule has 1 aromatic rings. The van der Waals surface area contributed by atoms with E-state index in [1.807, 2.05) is 11.3 Å². The van der Waals surface area contributed by atoms with Crippen LogP contribution in [-0.4, -0.2) is 19.1 Å². The van der Waals surface area contributed by atoms with Crippen LogP contribution in [0.25, 0.3) is 0 Å². The molecule has 0 aliphatic heterocycles. The highest BCUT2D eigenvalue weighted by Crippen LogP contribution is 2.20. The molecule has 0 bridgehead atoms. The fourth-order valence-electron chi connectivity index (χ4n) is 2.44. The van der Waals surface area contributed by atoms with E-state index >= 15 is 0 Å². The number of thiophene rings is 1. The van der Waals surface area contributed by atoms with E-state index in [0.717, 1.165) is 25.7 Å². The Kier molecular flexibility index (Phi) is 5.01. The highest BCUT2D eigenvalue weighted by atomic mass is 32.1. The lowest BCUT2D eigenvalue weighted by atomic mass is 10.2. The summed E-state index contributed by atoms with van der Waals surface area (Å²) in [4.78, 5) is 2.91. The second kappa shape index (κ2) is 6.53. The molecule has 0 radical (unpaired) electrons. The number of rotatable bonds is 6. The lowest BCUT2D eigenvalue weighted by Crippen LogP contribution is -2.33. The number of nitrogens with one attached hydrogen (secondary N) is 2. The van der Waals surface area contributed by atoms with Gasteiger partial charge in [-0.3, -0.25) is 0 Å². The van der Waals surface area contributed by atoms with Gasteiger partial charge in [0.25, 0.3) is 0 Å². The van der Waals surface area contributed by atoms with Gasteiger partial charge in [0, 0.05) is 35.4 Å². The predicted molar refractivity (Wildman–Crippen MR) is 75.8 cm³/mol. The van der Waals surface area contributed by atoms with E-state index in [1.54, 1.807) is 0 Å². The first-order valence-corrected chi connectivity index (χ1v) is 7.57. The molecule has 1 aromatic heterocycles. The van der Waals surface area contributed by atoms with Crippen molar-refractivity contribution in [3.63, 3.8) is 0 Å². The Morgan fingerprint density at radius 2 is 2.00 bits per heavy atom. The molecule has 2 nitrogen and oxygen atoms in total. The van der Waals surface area contributed by atoms with Crippen LogP contribution in [0.3, 0.4) is 0 Å². The minimum Gasteiger partial charge on any atom is -0.313 e. The quantitative estimate of drug-likeness (QED) is 0.761. The third kappa shape index (κ3) is 4.09. The van der Waals surface area contributed by atoms with Crippen molar-refractivity contribution in [1.82, 2.24) is 10.6 Å². The molecule has 96 valence electrons. The van der Waals surface area contributed by atoms with Crippen LogP contribution >= 0.6 is 11.3 Å². The molecule has 0 atom stereocenters. The zero-order chi connectivity index (χ0) is 12.1. The maximum absolute atomic E-state index is 3.63. The molecule has 0 saturated heterocycles. The fraction of sp³-hybridized carbons (Fsp3) is 0.714. The molecule has 1 saturated carbocycles. The summed E-state index contributed by atoms with van der Waals surface area (Å²) in [5, 5.41) is 7.14. The van der Waals surface area contributed by atoms with E-state index in [2.05, 4.69) is 30.5 Å². The Labute approximate surface area is 109 Å². The Bertz CT molecular complexity index is 320. The van der Waals surface area contributed by atoms with Crippen molar-refractivity contribution in [2.45, 2.75) is 52.1 Å². The number of aryl methyl sites for hydroxylation is 2. The highest BCUT2D eigenvalue weighted by Gasteiger charge is 2.13. The smallest absolute Gasteiger partial charge is 0.0300 e. The van der Waals surface area contributed by atoms with Crippen molar-refractivity contribution in [2.24, 2.45) is 0 Å². The van der Waals surface area contributed by atoms with Crippen LogP contribution in [0, 0.1) is 13.8 Å². The summed E-state index contributed by atoms with van der Waals surface area (Å²) in [5.74, 6) is 0. The molecule has 1 aliphatic rings. The van der Waals surface area contributed by atoms with E-state index in [1.165, 1.54) is 41.0 Å². The lowest BCUT2D eigenvalue weighted by Gasteiger charge is -2.11. The Balaban J connectivity index is 1.56. The Hall–Kier alpha value is -0.380. The minimum absolute atomic E-state index is 0.794. The van der Waals surface area contributed by atoms with Gasteiger partial charge in [-0.05, 0) is 38.3 Å². The van der Waals surface area contributed by atoms with Crippen LogP contribution < -0.4 is 10.6 Å². The summed E-state index contributed by atoms with van der Waals surface area (Å²) in [6.07, 6.45) is 5.59. The monoisotopic (exact) mass is 252 g/mol. The summed E-state index contributed by atoms with van der Waals surface area (Å²) in [6, 6.07) is 3.10. The van der Waals surface area contributed by atoms with Gasteiger partial charge in [0.1, 0.15) is 0 Å². The molecule has 1 heterocycles.